The van der Waals surface area contributed by atoms with Gasteiger partial charge in [0.25, 0.3) is 5.91 Å². The molecule has 0 saturated carbocycles. The average molecular weight is 368 g/mol. The molecule has 0 radical (unpaired) electrons. The predicted octanol–water partition coefficient (Wildman–Crippen LogP) is 3.24. The third kappa shape index (κ3) is 5.47. The van der Waals surface area contributed by atoms with Crippen molar-refractivity contribution in [3.8, 4) is 11.5 Å². The summed E-state index contributed by atoms with van der Waals surface area (Å²) in [6, 6.07) is 17.7. The Morgan fingerprint density at radius 2 is 1.96 bits per heavy atom. The average Bonchev–Trinajstić information content (AvgIpc) is 3.21. The Hall–Kier alpha value is -2.53. The molecule has 2 atom stereocenters. The summed E-state index contributed by atoms with van der Waals surface area (Å²) in [6.07, 6.45) is 1.71. The summed E-state index contributed by atoms with van der Waals surface area (Å²) in [6.45, 7) is 4.05. The van der Waals surface area contributed by atoms with Crippen LogP contribution in [0.1, 0.15) is 25.3 Å². The van der Waals surface area contributed by atoms with E-state index in [1.807, 2.05) is 66.4 Å². The van der Waals surface area contributed by atoms with Gasteiger partial charge >= 0.3 is 0 Å². The number of hydrogen-bond acceptors (Lipinski definition) is 4. The topological polar surface area (TPSA) is 50.8 Å². The number of para-hydroxylation sites is 1. The largest absolute Gasteiger partial charge is 0.497 e. The molecule has 5 heteroatoms. The maximum atomic E-state index is 13.1. The minimum atomic E-state index is -0.542. The summed E-state index contributed by atoms with van der Waals surface area (Å²) in [5, 5.41) is 3.48. The summed E-state index contributed by atoms with van der Waals surface area (Å²) in [5.41, 5.74) is 1.05. The van der Waals surface area contributed by atoms with Gasteiger partial charge in [-0.05, 0) is 56.1 Å². The maximum absolute atomic E-state index is 13.1. The first-order valence-electron chi connectivity index (χ1n) is 9.52. The summed E-state index contributed by atoms with van der Waals surface area (Å²) >= 11 is 0. The molecular formula is C22H28N2O3. The highest BCUT2D eigenvalue weighted by molar-refractivity contribution is 5.81. The van der Waals surface area contributed by atoms with Crippen LogP contribution in [-0.4, -0.2) is 43.2 Å². The highest BCUT2D eigenvalue weighted by Crippen LogP contribution is 2.18. The summed E-state index contributed by atoms with van der Waals surface area (Å²) < 4.78 is 11.2. The van der Waals surface area contributed by atoms with Crippen LogP contribution in [0.3, 0.4) is 0 Å². The van der Waals surface area contributed by atoms with E-state index in [0.717, 1.165) is 30.7 Å². The molecule has 1 unspecified atom stereocenters. The molecule has 1 heterocycles. The molecule has 1 amide bonds. The van der Waals surface area contributed by atoms with Gasteiger partial charge in [-0.15, -0.1) is 0 Å². The molecule has 1 N–H and O–H groups in total. The van der Waals surface area contributed by atoms with Gasteiger partial charge < -0.3 is 19.7 Å². The molecule has 0 aromatic heterocycles. The first-order valence-corrected chi connectivity index (χ1v) is 9.52. The van der Waals surface area contributed by atoms with Crippen LogP contribution >= 0.6 is 0 Å². The van der Waals surface area contributed by atoms with Gasteiger partial charge in [-0.1, -0.05) is 30.3 Å². The number of carbonyl (C=O) groups excluding carboxylic acids is 1. The van der Waals surface area contributed by atoms with E-state index in [2.05, 4.69) is 5.32 Å². The molecular weight excluding hydrogens is 340 g/mol. The maximum Gasteiger partial charge on any atom is 0.263 e. The third-order valence-corrected chi connectivity index (χ3v) is 4.83. The Morgan fingerprint density at radius 1 is 1.19 bits per heavy atom. The third-order valence-electron chi connectivity index (χ3n) is 4.83. The molecule has 5 nitrogen and oxygen atoms in total. The van der Waals surface area contributed by atoms with Crippen molar-refractivity contribution in [2.45, 2.75) is 38.5 Å². The van der Waals surface area contributed by atoms with E-state index in [0.29, 0.717) is 24.9 Å². The molecule has 2 aromatic rings. The van der Waals surface area contributed by atoms with Crippen molar-refractivity contribution in [3.05, 3.63) is 60.2 Å². The van der Waals surface area contributed by atoms with Crippen LogP contribution in [0.25, 0.3) is 0 Å². The van der Waals surface area contributed by atoms with Crippen molar-refractivity contribution in [1.29, 1.82) is 0 Å². The SMILES string of the molecule is COc1cccc(CN(CC2CCCN2)C(=O)[C@@H](C)Oc2ccccc2)c1. The van der Waals surface area contributed by atoms with E-state index in [1.165, 1.54) is 0 Å². The van der Waals surface area contributed by atoms with Crippen LogP contribution in [-0.2, 0) is 11.3 Å². The number of amides is 1. The zero-order valence-electron chi connectivity index (χ0n) is 16.1. The van der Waals surface area contributed by atoms with Crippen molar-refractivity contribution in [2.75, 3.05) is 20.2 Å². The van der Waals surface area contributed by atoms with Crippen LogP contribution in [0.4, 0.5) is 0 Å². The zero-order chi connectivity index (χ0) is 19.1. The van der Waals surface area contributed by atoms with E-state index in [4.69, 9.17) is 9.47 Å². The molecule has 2 aromatic carbocycles. The number of nitrogens with one attached hydrogen (secondary N) is 1. The van der Waals surface area contributed by atoms with Gasteiger partial charge in [0, 0.05) is 19.1 Å². The second-order valence-corrected chi connectivity index (χ2v) is 6.94. The van der Waals surface area contributed by atoms with Crippen LogP contribution in [0.15, 0.2) is 54.6 Å². The summed E-state index contributed by atoms with van der Waals surface area (Å²) in [4.78, 5) is 15.0. The Labute approximate surface area is 161 Å². The molecule has 1 fully saturated rings. The van der Waals surface area contributed by atoms with Gasteiger partial charge in [-0.3, -0.25) is 4.79 Å². The Bertz CT molecular complexity index is 729. The monoisotopic (exact) mass is 368 g/mol. The van der Waals surface area contributed by atoms with E-state index in [9.17, 15) is 4.79 Å². The molecule has 1 saturated heterocycles. The highest BCUT2D eigenvalue weighted by Gasteiger charge is 2.26. The fraction of sp³-hybridized carbons (Fsp3) is 0.409. The van der Waals surface area contributed by atoms with Gasteiger partial charge in [0.2, 0.25) is 0 Å². The van der Waals surface area contributed by atoms with Gasteiger partial charge in [-0.25, -0.2) is 0 Å². The number of ether oxygens (including phenoxy) is 2. The van der Waals surface area contributed by atoms with Gasteiger partial charge in [0.15, 0.2) is 6.10 Å². The fourth-order valence-corrected chi connectivity index (χ4v) is 3.41. The van der Waals surface area contributed by atoms with Crippen molar-refractivity contribution < 1.29 is 14.3 Å². The lowest BCUT2D eigenvalue weighted by Crippen LogP contribution is -2.45. The van der Waals surface area contributed by atoms with Crippen molar-refractivity contribution in [2.24, 2.45) is 0 Å². The smallest absolute Gasteiger partial charge is 0.263 e. The normalized spacial score (nSPS) is 17.3. The molecule has 1 aliphatic heterocycles. The van der Waals surface area contributed by atoms with Crippen molar-refractivity contribution in [1.82, 2.24) is 10.2 Å². The molecule has 0 bridgehead atoms. The van der Waals surface area contributed by atoms with E-state index >= 15 is 0 Å². The second-order valence-electron chi connectivity index (χ2n) is 6.94. The number of rotatable bonds is 8. The number of benzene rings is 2. The minimum Gasteiger partial charge on any atom is -0.497 e. The molecule has 0 spiro atoms. The van der Waals surface area contributed by atoms with Gasteiger partial charge in [0.1, 0.15) is 11.5 Å². The van der Waals surface area contributed by atoms with Crippen LogP contribution in [0, 0.1) is 0 Å². The lowest BCUT2D eigenvalue weighted by Gasteiger charge is -2.29. The van der Waals surface area contributed by atoms with Crippen molar-refractivity contribution in [3.63, 3.8) is 0 Å². The first-order chi connectivity index (χ1) is 13.2. The molecule has 0 aliphatic carbocycles. The first kappa shape index (κ1) is 19.2. The lowest BCUT2D eigenvalue weighted by molar-refractivity contribution is -0.139. The number of carbonyl (C=O) groups is 1. The standard InChI is InChI=1S/C22H28N2O3/c1-17(27-20-10-4-3-5-11-20)22(25)24(16-19-9-7-13-23-19)15-18-8-6-12-21(14-18)26-2/h3-6,8,10-12,14,17,19,23H,7,9,13,15-16H2,1-2H3/t17-,19?/m1/s1. The number of methoxy groups -OCH3 is 1. The van der Waals surface area contributed by atoms with Crippen LogP contribution in [0.5, 0.6) is 11.5 Å². The van der Waals surface area contributed by atoms with Gasteiger partial charge in [-0.2, -0.15) is 0 Å². The zero-order valence-corrected chi connectivity index (χ0v) is 16.1. The number of hydrogen-bond donors (Lipinski definition) is 1. The molecule has 3 rings (SSSR count). The summed E-state index contributed by atoms with van der Waals surface area (Å²) in [7, 11) is 1.65. The summed E-state index contributed by atoms with van der Waals surface area (Å²) in [5.74, 6) is 1.50. The second kappa shape index (κ2) is 9.42. The molecule has 1 aliphatic rings. The van der Waals surface area contributed by atoms with E-state index < -0.39 is 6.10 Å². The van der Waals surface area contributed by atoms with E-state index in [-0.39, 0.29) is 5.91 Å². The Balaban J connectivity index is 1.72. The van der Waals surface area contributed by atoms with Crippen LogP contribution in [0.2, 0.25) is 0 Å². The quantitative estimate of drug-likeness (QED) is 0.777. The van der Waals surface area contributed by atoms with E-state index in [1.54, 1.807) is 7.11 Å². The minimum absolute atomic E-state index is 0.00428. The van der Waals surface area contributed by atoms with Gasteiger partial charge in [0.05, 0.1) is 7.11 Å². The Kier molecular flexibility index (Phi) is 6.71. The fourth-order valence-electron chi connectivity index (χ4n) is 3.41. The van der Waals surface area contributed by atoms with Crippen molar-refractivity contribution >= 4 is 5.91 Å². The molecule has 27 heavy (non-hydrogen) atoms. The highest BCUT2D eigenvalue weighted by atomic mass is 16.5. The molecule has 144 valence electrons. The van der Waals surface area contributed by atoms with Crippen LogP contribution < -0.4 is 14.8 Å². The lowest BCUT2D eigenvalue weighted by atomic mass is 10.1. The predicted molar refractivity (Wildman–Crippen MR) is 106 cm³/mol. The Morgan fingerprint density at radius 3 is 2.67 bits per heavy atom. The number of nitrogens with zero attached hydrogens (tertiary/aromatic N) is 1.